The summed E-state index contributed by atoms with van der Waals surface area (Å²) in [6.07, 6.45) is 0.728. The molecule has 0 saturated heterocycles. The SMILES string of the molecule is Oc1c(Cc2ccc(-c3ccccc3)cc2)ccc2ccccc12. The lowest BCUT2D eigenvalue weighted by molar-refractivity contribution is 0.476. The summed E-state index contributed by atoms with van der Waals surface area (Å²) in [6.45, 7) is 0. The zero-order chi connectivity index (χ0) is 16.4. The maximum absolute atomic E-state index is 10.5. The molecule has 4 aromatic rings. The van der Waals surface area contributed by atoms with Crippen molar-refractivity contribution in [2.24, 2.45) is 0 Å². The highest BCUT2D eigenvalue weighted by molar-refractivity contribution is 5.89. The van der Waals surface area contributed by atoms with Gasteiger partial charge in [0.15, 0.2) is 0 Å². The second-order valence-electron chi connectivity index (χ2n) is 6.03. The molecule has 1 nitrogen and oxygen atoms in total. The van der Waals surface area contributed by atoms with Crippen LogP contribution in [0.1, 0.15) is 11.1 Å². The lowest BCUT2D eigenvalue weighted by atomic mass is 9.98. The number of aromatic hydroxyl groups is 1. The van der Waals surface area contributed by atoms with Gasteiger partial charge in [0, 0.05) is 11.8 Å². The summed E-state index contributed by atoms with van der Waals surface area (Å²) in [5.41, 5.74) is 4.58. The molecule has 0 aliphatic heterocycles. The Balaban J connectivity index is 1.63. The Kier molecular flexibility index (Phi) is 3.76. The Morgan fingerprint density at radius 3 is 2.04 bits per heavy atom. The monoisotopic (exact) mass is 310 g/mol. The van der Waals surface area contributed by atoms with Crippen LogP contribution in [0.4, 0.5) is 0 Å². The van der Waals surface area contributed by atoms with Gasteiger partial charge in [-0.05, 0) is 27.6 Å². The summed E-state index contributed by atoms with van der Waals surface area (Å²) >= 11 is 0. The first-order valence-electron chi connectivity index (χ1n) is 8.15. The van der Waals surface area contributed by atoms with Gasteiger partial charge in [-0.15, -0.1) is 0 Å². The Labute approximate surface area is 141 Å². The molecule has 0 fully saturated rings. The number of hydrogen-bond donors (Lipinski definition) is 1. The summed E-state index contributed by atoms with van der Waals surface area (Å²) < 4.78 is 0. The summed E-state index contributed by atoms with van der Waals surface area (Å²) in [4.78, 5) is 0. The minimum atomic E-state index is 0.389. The van der Waals surface area contributed by atoms with E-state index in [-0.39, 0.29) is 0 Å². The highest BCUT2D eigenvalue weighted by atomic mass is 16.3. The van der Waals surface area contributed by atoms with Crippen molar-refractivity contribution in [2.75, 3.05) is 0 Å². The molecule has 116 valence electrons. The smallest absolute Gasteiger partial charge is 0.126 e. The first-order chi connectivity index (χ1) is 11.8. The van der Waals surface area contributed by atoms with Gasteiger partial charge in [0.2, 0.25) is 0 Å². The maximum atomic E-state index is 10.5. The van der Waals surface area contributed by atoms with Crippen molar-refractivity contribution >= 4 is 10.8 Å². The van der Waals surface area contributed by atoms with Crippen LogP contribution in [0.15, 0.2) is 91.0 Å². The topological polar surface area (TPSA) is 20.2 Å². The van der Waals surface area contributed by atoms with Crippen LogP contribution in [0.5, 0.6) is 5.75 Å². The Hall–Kier alpha value is -3.06. The lowest BCUT2D eigenvalue weighted by Gasteiger charge is -2.09. The molecule has 4 aromatic carbocycles. The molecule has 0 aromatic heterocycles. The molecular weight excluding hydrogens is 292 g/mol. The fraction of sp³-hybridized carbons (Fsp3) is 0.0435. The number of fused-ring (bicyclic) bond motifs is 1. The van der Waals surface area contributed by atoms with Crippen molar-refractivity contribution in [1.29, 1.82) is 0 Å². The number of phenolic OH excluding ortho intramolecular Hbond substituents is 1. The first-order valence-corrected chi connectivity index (χ1v) is 8.15. The zero-order valence-electron chi connectivity index (χ0n) is 13.3. The molecule has 24 heavy (non-hydrogen) atoms. The number of hydrogen-bond acceptors (Lipinski definition) is 1. The van der Waals surface area contributed by atoms with Gasteiger partial charge in [-0.2, -0.15) is 0 Å². The zero-order valence-corrected chi connectivity index (χ0v) is 13.3. The molecule has 4 rings (SSSR count). The van der Waals surface area contributed by atoms with Gasteiger partial charge in [0.05, 0.1) is 0 Å². The van der Waals surface area contributed by atoms with Crippen LogP contribution in [0.25, 0.3) is 21.9 Å². The van der Waals surface area contributed by atoms with E-state index < -0.39 is 0 Å². The van der Waals surface area contributed by atoms with Gasteiger partial charge in [-0.3, -0.25) is 0 Å². The molecule has 0 radical (unpaired) electrons. The number of benzene rings is 4. The van der Waals surface area contributed by atoms with E-state index in [0.717, 1.165) is 22.8 Å². The molecular formula is C23H18O. The minimum Gasteiger partial charge on any atom is -0.507 e. The summed E-state index contributed by atoms with van der Waals surface area (Å²) in [5.74, 6) is 0.389. The number of phenols is 1. The van der Waals surface area contributed by atoms with Crippen molar-refractivity contribution in [1.82, 2.24) is 0 Å². The summed E-state index contributed by atoms with van der Waals surface area (Å²) in [6, 6.07) is 30.9. The van der Waals surface area contributed by atoms with E-state index in [1.807, 2.05) is 36.4 Å². The van der Waals surface area contributed by atoms with E-state index in [4.69, 9.17) is 0 Å². The molecule has 0 unspecified atom stereocenters. The molecule has 0 saturated carbocycles. The van der Waals surface area contributed by atoms with E-state index >= 15 is 0 Å². The van der Waals surface area contributed by atoms with Crippen molar-refractivity contribution < 1.29 is 5.11 Å². The van der Waals surface area contributed by atoms with Gasteiger partial charge < -0.3 is 5.11 Å². The van der Waals surface area contributed by atoms with Crippen molar-refractivity contribution in [2.45, 2.75) is 6.42 Å². The standard InChI is InChI=1S/C23H18O/c24-23-21(15-14-20-8-4-5-9-22(20)23)16-17-10-12-19(13-11-17)18-6-2-1-3-7-18/h1-15,24H,16H2. The van der Waals surface area contributed by atoms with Crippen molar-refractivity contribution in [3.8, 4) is 16.9 Å². The van der Waals surface area contributed by atoms with Crippen LogP contribution in [-0.2, 0) is 6.42 Å². The predicted molar refractivity (Wildman–Crippen MR) is 100 cm³/mol. The molecule has 0 atom stereocenters. The maximum Gasteiger partial charge on any atom is 0.126 e. The Morgan fingerprint density at radius 1 is 0.583 bits per heavy atom. The third-order valence-electron chi connectivity index (χ3n) is 4.44. The van der Waals surface area contributed by atoms with Crippen LogP contribution >= 0.6 is 0 Å². The second-order valence-corrected chi connectivity index (χ2v) is 6.03. The normalized spacial score (nSPS) is 10.8. The van der Waals surface area contributed by atoms with Crippen LogP contribution in [-0.4, -0.2) is 5.11 Å². The fourth-order valence-corrected chi connectivity index (χ4v) is 3.11. The average molecular weight is 310 g/mol. The quantitative estimate of drug-likeness (QED) is 0.507. The highest BCUT2D eigenvalue weighted by Gasteiger charge is 2.07. The summed E-state index contributed by atoms with van der Waals surface area (Å²) in [5, 5.41) is 12.5. The van der Waals surface area contributed by atoms with Crippen molar-refractivity contribution in [3.05, 3.63) is 102 Å². The third kappa shape index (κ3) is 2.77. The molecule has 1 heteroatoms. The van der Waals surface area contributed by atoms with Crippen molar-refractivity contribution in [3.63, 3.8) is 0 Å². The van der Waals surface area contributed by atoms with E-state index in [2.05, 4.69) is 54.6 Å². The third-order valence-corrected chi connectivity index (χ3v) is 4.44. The first kappa shape index (κ1) is 14.5. The van der Waals surface area contributed by atoms with Gasteiger partial charge in [-0.25, -0.2) is 0 Å². The minimum absolute atomic E-state index is 0.389. The fourth-order valence-electron chi connectivity index (χ4n) is 3.11. The largest absolute Gasteiger partial charge is 0.507 e. The molecule has 0 aliphatic rings. The molecule has 0 bridgehead atoms. The molecule has 1 N–H and O–H groups in total. The van der Waals surface area contributed by atoms with Crippen LogP contribution in [0.3, 0.4) is 0 Å². The van der Waals surface area contributed by atoms with Crippen LogP contribution in [0, 0.1) is 0 Å². The Morgan fingerprint density at radius 2 is 1.25 bits per heavy atom. The van der Waals surface area contributed by atoms with Gasteiger partial charge in [0.25, 0.3) is 0 Å². The van der Waals surface area contributed by atoms with E-state index in [9.17, 15) is 5.11 Å². The molecule has 0 heterocycles. The van der Waals surface area contributed by atoms with Crippen LogP contribution < -0.4 is 0 Å². The van der Waals surface area contributed by atoms with E-state index in [1.54, 1.807) is 0 Å². The van der Waals surface area contributed by atoms with E-state index in [1.165, 1.54) is 16.7 Å². The summed E-state index contributed by atoms with van der Waals surface area (Å²) in [7, 11) is 0. The van der Waals surface area contributed by atoms with Gasteiger partial charge in [0.1, 0.15) is 5.75 Å². The highest BCUT2D eigenvalue weighted by Crippen LogP contribution is 2.30. The Bertz CT molecular complexity index is 970. The predicted octanol–water partition coefficient (Wildman–Crippen LogP) is 5.80. The molecule has 0 aliphatic carbocycles. The van der Waals surface area contributed by atoms with Gasteiger partial charge in [-0.1, -0.05) is 91.0 Å². The molecule has 0 amide bonds. The second kappa shape index (κ2) is 6.21. The number of rotatable bonds is 3. The average Bonchev–Trinajstić information content (AvgIpc) is 2.66. The van der Waals surface area contributed by atoms with Crippen LogP contribution in [0.2, 0.25) is 0 Å². The van der Waals surface area contributed by atoms with Gasteiger partial charge >= 0.3 is 0 Å². The lowest BCUT2D eigenvalue weighted by Crippen LogP contribution is -1.90. The molecule has 0 spiro atoms. The van der Waals surface area contributed by atoms with E-state index in [0.29, 0.717) is 5.75 Å².